The Bertz CT molecular complexity index is 194. The molecule has 0 radical (unpaired) electrons. The number of rotatable bonds is 3. The number of hydrogen-bond acceptors (Lipinski definition) is 2. The maximum absolute atomic E-state index is 9.18. The van der Waals surface area contributed by atoms with Crippen molar-refractivity contribution in [2.24, 2.45) is 16.6 Å². The molecule has 1 saturated carbocycles. The van der Waals surface area contributed by atoms with Crippen molar-refractivity contribution in [2.45, 2.75) is 38.6 Å². The largest absolute Gasteiger partial charge is 0.396 e. The molecule has 1 fully saturated rings. The molecular weight excluding hydrogens is 178 g/mol. The van der Waals surface area contributed by atoms with Crippen molar-refractivity contribution >= 4 is 5.96 Å². The van der Waals surface area contributed by atoms with Gasteiger partial charge in [-0.05, 0) is 19.8 Å². The summed E-state index contributed by atoms with van der Waals surface area (Å²) in [6, 6.07) is 0.309. The van der Waals surface area contributed by atoms with E-state index in [0.29, 0.717) is 24.5 Å². The lowest BCUT2D eigenvalue weighted by atomic mass is 9.85. The van der Waals surface area contributed by atoms with E-state index in [1.54, 1.807) is 0 Å². The second-order valence-electron chi connectivity index (χ2n) is 3.84. The first-order valence-corrected chi connectivity index (χ1v) is 5.45. The Hall–Kier alpha value is -0.770. The molecule has 1 aliphatic rings. The molecule has 0 heterocycles. The number of aliphatic hydroxyl groups excluding tert-OH is 1. The van der Waals surface area contributed by atoms with E-state index in [0.717, 1.165) is 12.8 Å². The minimum absolute atomic E-state index is 0.247. The molecule has 1 rings (SSSR count). The maximum atomic E-state index is 9.18. The molecule has 0 bridgehead atoms. The van der Waals surface area contributed by atoms with Crippen molar-refractivity contribution in [3.8, 4) is 0 Å². The lowest BCUT2D eigenvalue weighted by Gasteiger charge is -2.31. The van der Waals surface area contributed by atoms with Gasteiger partial charge >= 0.3 is 0 Å². The molecule has 0 spiro atoms. The first-order chi connectivity index (χ1) is 6.77. The highest BCUT2D eigenvalue weighted by atomic mass is 16.3. The Labute approximate surface area is 85.6 Å². The van der Waals surface area contributed by atoms with Gasteiger partial charge in [-0.2, -0.15) is 0 Å². The zero-order valence-corrected chi connectivity index (χ0v) is 8.87. The summed E-state index contributed by atoms with van der Waals surface area (Å²) >= 11 is 0. The quantitative estimate of drug-likeness (QED) is 0.457. The lowest BCUT2D eigenvalue weighted by molar-refractivity contribution is 0.162. The number of guanidine groups is 1. The minimum atomic E-state index is 0.247. The highest BCUT2D eigenvalue weighted by Crippen LogP contribution is 2.23. The van der Waals surface area contributed by atoms with Crippen LogP contribution in [0.2, 0.25) is 0 Å². The molecule has 0 aromatic carbocycles. The van der Waals surface area contributed by atoms with E-state index >= 15 is 0 Å². The van der Waals surface area contributed by atoms with Gasteiger partial charge in [-0.1, -0.05) is 12.8 Å². The van der Waals surface area contributed by atoms with Crippen LogP contribution in [0.4, 0.5) is 0 Å². The van der Waals surface area contributed by atoms with Gasteiger partial charge in [0, 0.05) is 25.1 Å². The van der Waals surface area contributed by atoms with Crippen molar-refractivity contribution in [1.29, 1.82) is 0 Å². The number of hydrogen-bond donors (Lipinski definition) is 3. The Morgan fingerprint density at radius 1 is 1.50 bits per heavy atom. The highest BCUT2D eigenvalue weighted by molar-refractivity contribution is 5.78. The van der Waals surface area contributed by atoms with E-state index in [9.17, 15) is 5.11 Å². The van der Waals surface area contributed by atoms with Crippen LogP contribution < -0.4 is 11.1 Å². The van der Waals surface area contributed by atoms with E-state index in [1.165, 1.54) is 12.8 Å². The third-order valence-corrected chi connectivity index (χ3v) is 2.81. The van der Waals surface area contributed by atoms with Gasteiger partial charge in [0.05, 0.1) is 0 Å². The van der Waals surface area contributed by atoms with Gasteiger partial charge in [0.1, 0.15) is 0 Å². The summed E-state index contributed by atoms with van der Waals surface area (Å²) in [6.07, 6.45) is 4.61. The van der Waals surface area contributed by atoms with Gasteiger partial charge in [-0.25, -0.2) is 0 Å². The van der Waals surface area contributed by atoms with Crippen molar-refractivity contribution in [1.82, 2.24) is 5.32 Å². The van der Waals surface area contributed by atoms with Crippen molar-refractivity contribution in [3.05, 3.63) is 0 Å². The molecule has 1 aliphatic carbocycles. The molecule has 0 aromatic heterocycles. The van der Waals surface area contributed by atoms with Gasteiger partial charge in [0.25, 0.3) is 0 Å². The van der Waals surface area contributed by atoms with Gasteiger partial charge in [-0.15, -0.1) is 0 Å². The summed E-state index contributed by atoms with van der Waals surface area (Å²) in [4.78, 5) is 4.09. The second kappa shape index (κ2) is 5.86. The second-order valence-corrected chi connectivity index (χ2v) is 3.84. The van der Waals surface area contributed by atoms with Crippen LogP contribution in [-0.4, -0.2) is 30.3 Å². The van der Waals surface area contributed by atoms with Crippen LogP contribution in [0.3, 0.4) is 0 Å². The molecule has 0 saturated heterocycles. The average molecular weight is 199 g/mol. The fourth-order valence-corrected chi connectivity index (χ4v) is 2.02. The molecule has 4 N–H and O–H groups in total. The Kier molecular flexibility index (Phi) is 4.73. The first kappa shape index (κ1) is 11.3. The number of nitrogens with one attached hydrogen (secondary N) is 1. The summed E-state index contributed by atoms with van der Waals surface area (Å²) in [5, 5.41) is 12.4. The molecule has 0 aliphatic heterocycles. The SMILES string of the molecule is CCN=C(N)NC1CCCCC1CO. The number of nitrogens with zero attached hydrogens (tertiary/aromatic N) is 1. The molecule has 2 unspecified atom stereocenters. The van der Waals surface area contributed by atoms with Crippen molar-refractivity contribution in [3.63, 3.8) is 0 Å². The first-order valence-electron chi connectivity index (χ1n) is 5.45. The highest BCUT2D eigenvalue weighted by Gasteiger charge is 2.24. The predicted octanol–water partition coefficient (Wildman–Crippen LogP) is 0.462. The molecule has 4 nitrogen and oxygen atoms in total. The Morgan fingerprint density at radius 2 is 2.21 bits per heavy atom. The summed E-state index contributed by atoms with van der Waals surface area (Å²) in [7, 11) is 0. The third kappa shape index (κ3) is 3.18. The number of nitrogens with two attached hydrogens (primary N) is 1. The summed E-state index contributed by atoms with van der Waals surface area (Å²) in [6.45, 7) is 2.91. The normalized spacial score (nSPS) is 28.9. The van der Waals surface area contributed by atoms with Gasteiger partial charge in [-0.3, -0.25) is 4.99 Å². The summed E-state index contributed by atoms with van der Waals surface area (Å²) < 4.78 is 0. The van der Waals surface area contributed by atoms with E-state index < -0.39 is 0 Å². The summed E-state index contributed by atoms with van der Waals surface area (Å²) in [5.74, 6) is 0.854. The minimum Gasteiger partial charge on any atom is -0.396 e. The number of aliphatic imine (C=N–C) groups is 1. The van der Waals surface area contributed by atoms with Gasteiger partial charge < -0.3 is 16.2 Å². The van der Waals surface area contributed by atoms with Gasteiger partial charge in [0.15, 0.2) is 5.96 Å². The van der Waals surface area contributed by atoms with E-state index in [1.807, 2.05) is 6.92 Å². The summed E-state index contributed by atoms with van der Waals surface area (Å²) in [5.41, 5.74) is 5.69. The standard InChI is InChI=1S/C10H21N3O/c1-2-12-10(11)13-9-6-4-3-5-8(9)7-14/h8-9,14H,2-7H2,1H3,(H3,11,12,13). The molecule has 0 amide bonds. The lowest BCUT2D eigenvalue weighted by Crippen LogP contribution is -2.46. The topological polar surface area (TPSA) is 70.6 Å². The monoisotopic (exact) mass is 199 g/mol. The molecule has 0 aromatic rings. The fraction of sp³-hybridized carbons (Fsp3) is 0.900. The van der Waals surface area contributed by atoms with Crippen LogP contribution in [-0.2, 0) is 0 Å². The van der Waals surface area contributed by atoms with Crippen LogP contribution in [0.25, 0.3) is 0 Å². The van der Waals surface area contributed by atoms with E-state index in [2.05, 4.69) is 10.3 Å². The zero-order chi connectivity index (χ0) is 10.4. The van der Waals surface area contributed by atoms with E-state index in [4.69, 9.17) is 5.73 Å². The van der Waals surface area contributed by atoms with Crippen molar-refractivity contribution in [2.75, 3.05) is 13.2 Å². The van der Waals surface area contributed by atoms with Crippen LogP contribution in [0, 0.1) is 5.92 Å². The van der Waals surface area contributed by atoms with Crippen LogP contribution in [0.15, 0.2) is 4.99 Å². The predicted molar refractivity (Wildman–Crippen MR) is 58.1 cm³/mol. The zero-order valence-electron chi connectivity index (χ0n) is 8.87. The fourth-order valence-electron chi connectivity index (χ4n) is 2.02. The Balaban J connectivity index is 2.44. The molecule has 2 atom stereocenters. The van der Waals surface area contributed by atoms with Crippen molar-refractivity contribution < 1.29 is 5.11 Å². The maximum Gasteiger partial charge on any atom is 0.188 e. The molecular formula is C10H21N3O. The molecule has 14 heavy (non-hydrogen) atoms. The smallest absolute Gasteiger partial charge is 0.188 e. The number of aliphatic hydroxyl groups is 1. The molecule has 82 valence electrons. The van der Waals surface area contributed by atoms with Gasteiger partial charge in [0.2, 0.25) is 0 Å². The average Bonchev–Trinajstić information content (AvgIpc) is 2.19. The Morgan fingerprint density at radius 3 is 2.86 bits per heavy atom. The van der Waals surface area contributed by atoms with E-state index in [-0.39, 0.29) is 6.61 Å². The van der Waals surface area contributed by atoms with Crippen LogP contribution >= 0.6 is 0 Å². The van der Waals surface area contributed by atoms with Crippen LogP contribution in [0.1, 0.15) is 32.6 Å². The molecule has 4 heteroatoms. The van der Waals surface area contributed by atoms with Crippen LogP contribution in [0.5, 0.6) is 0 Å². The third-order valence-electron chi connectivity index (χ3n) is 2.81.